The van der Waals surface area contributed by atoms with Gasteiger partial charge < -0.3 is 19.8 Å². The Morgan fingerprint density at radius 3 is 2.67 bits per heavy atom. The summed E-state index contributed by atoms with van der Waals surface area (Å²) in [5, 5.41) is 0. The second kappa shape index (κ2) is 6.44. The summed E-state index contributed by atoms with van der Waals surface area (Å²) in [6.45, 7) is 6.40. The topological polar surface area (TPSA) is 66.5 Å². The van der Waals surface area contributed by atoms with Crippen molar-refractivity contribution in [2.75, 3.05) is 19.5 Å². The van der Waals surface area contributed by atoms with E-state index in [0.29, 0.717) is 24.4 Å². The van der Waals surface area contributed by atoms with E-state index in [2.05, 4.69) is 0 Å². The van der Waals surface area contributed by atoms with Gasteiger partial charge in [-0.05, 0) is 26.8 Å². The van der Waals surface area contributed by atoms with Crippen LogP contribution in [0, 0.1) is 0 Å². The van der Waals surface area contributed by atoms with Crippen molar-refractivity contribution in [2.45, 2.75) is 39.3 Å². The number of nitrogens with two attached hydrogens (primary N) is 1. The van der Waals surface area contributed by atoms with Gasteiger partial charge in [-0.1, -0.05) is 0 Å². The number of carbonyl (C=O) groups is 1. The molecule has 0 aromatic carbocycles. The third kappa shape index (κ3) is 3.77. The fourth-order valence-electron chi connectivity index (χ4n) is 1.68. The standard InChI is InChI=1S/C13H22N2O3/c1-9(2)15-8-11(14)7-12(15)13(16)18-10(3)5-6-17-4/h7-10H,5-6,14H2,1-4H3. The number of hydrogen-bond donors (Lipinski definition) is 1. The second-order valence-electron chi connectivity index (χ2n) is 4.66. The van der Waals surface area contributed by atoms with Gasteiger partial charge in [-0.15, -0.1) is 0 Å². The number of ether oxygens (including phenoxy) is 2. The number of rotatable bonds is 6. The van der Waals surface area contributed by atoms with E-state index in [1.807, 2.05) is 25.3 Å². The highest BCUT2D eigenvalue weighted by atomic mass is 16.5. The van der Waals surface area contributed by atoms with Crippen LogP contribution < -0.4 is 5.73 Å². The molecule has 0 saturated carbocycles. The lowest BCUT2D eigenvalue weighted by molar-refractivity contribution is 0.0253. The van der Waals surface area contributed by atoms with Gasteiger partial charge >= 0.3 is 5.97 Å². The summed E-state index contributed by atoms with van der Waals surface area (Å²) in [6, 6.07) is 1.81. The minimum Gasteiger partial charge on any atom is -0.458 e. The van der Waals surface area contributed by atoms with Gasteiger partial charge in [0, 0.05) is 32.4 Å². The Hall–Kier alpha value is -1.49. The predicted molar refractivity (Wildman–Crippen MR) is 70.6 cm³/mol. The van der Waals surface area contributed by atoms with Gasteiger partial charge in [-0.25, -0.2) is 4.79 Å². The molecule has 0 spiro atoms. The highest BCUT2D eigenvalue weighted by Crippen LogP contribution is 2.18. The zero-order valence-corrected chi connectivity index (χ0v) is 11.5. The van der Waals surface area contributed by atoms with E-state index < -0.39 is 0 Å². The van der Waals surface area contributed by atoms with Crippen LogP contribution >= 0.6 is 0 Å². The number of nitrogen functional groups attached to an aromatic ring is 1. The lowest BCUT2D eigenvalue weighted by Gasteiger charge is -2.15. The number of methoxy groups -OCH3 is 1. The molecule has 0 aliphatic carbocycles. The van der Waals surface area contributed by atoms with Gasteiger partial charge in [-0.3, -0.25) is 0 Å². The molecule has 0 aliphatic heterocycles. The molecular formula is C13H22N2O3. The van der Waals surface area contributed by atoms with Crippen molar-refractivity contribution in [3.05, 3.63) is 18.0 Å². The Morgan fingerprint density at radius 1 is 1.44 bits per heavy atom. The molecule has 1 rings (SSSR count). The zero-order chi connectivity index (χ0) is 13.7. The van der Waals surface area contributed by atoms with Crippen LogP contribution in [0.5, 0.6) is 0 Å². The third-order valence-corrected chi connectivity index (χ3v) is 2.67. The summed E-state index contributed by atoms with van der Waals surface area (Å²) >= 11 is 0. The smallest absolute Gasteiger partial charge is 0.355 e. The predicted octanol–water partition coefficient (Wildman–Crippen LogP) is 2.23. The molecule has 2 N–H and O–H groups in total. The van der Waals surface area contributed by atoms with Crippen molar-refractivity contribution >= 4 is 11.7 Å². The first-order chi connectivity index (χ1) is 8.45. The first-order valence-electron chi connectivity index (χ1n) is 6.13. The number of esters is 1. The number of carbonyl (C=O) groups excluding carboxylic acids is 1. The van der Waals surface area contributed by atoms with Gasteiger partial charge in [-0.2, -0.15) is 0 Å². The molecule has 0 bridgehead atoms. The number of anilines is 1. The summed E-state index contributed by atoms with van der Waals surface area (Å²) < 4.78 is 12.1. The van der Waals surface area contributed by atoms with Crippen molar-refractivity contribution in [1.82, 2.24) is 4.57 Å². The molecule has 0 aliphatic rings. The van der Waals surface area contributed by atoms with Crippen molar-refractivity contribution in [2.24, 2.45) is 0 Å². The highest BCUT2D eigenvalue weighted by molar-refractivity contribution is 5.89. The summed E-state index contributed by atoms with van der Waals surface area (Å²) in [7, 11) is 1.62. The molecule has 5 nitrogen and oxygen atoms in total. The van der Waals surface area contributed by atoms with Crippen LogP contribution in [0.4, 0.5) is 5.69 Å². The quantitative estimate of drug-likeness (QED) is 0.790. The van der Waals surface area contributed by atoms with E-state index in [9.17, 15) is 4.79 Å². The SMILES string of the molecule is COCCC(C)OC(=O)c1cc(N)cn1C(C)C. The minimum absolute atomic E-state index is 0.166. The maximum Gasteiger partial charge on any atom is 0.355 e. The van der Waals surface area contributed by atoms with Gasteiger partial charge in [0.15, 0.2) is 0 Å². The molecule has 0 amide bonds. The molecule has 1 heterocycles. The average Bonchev–Trinajstić information content (AvgIpc) is 2.69. The number of hydrogen-bond acceptors (Lipinski definition) is 4. The van der Waals surface area contributed by atoms with Crippen molar-refractivity contribution in [1.29, 1.82) is 0 Å². The highest BCUT2D eigenvalue weighted by Gasteiger charge is 2.18. The molecule has 1 aromatic rings. The molecular weight excluding hydrogens is 232 g/mol. The van der Waals surface area contributed by atoms with E-state index in [-0.39, 0.29) is 18.1 Å². The Balaban J connectivity index is 2.72. The Bertz CT molecular complexity index is 399. The molecule has 0 radical (unpaired) electrons. The lowest BCUT2D eigenvalue weighted by atomic mass is 10.3. The largest absolute Gasteiger partial charge is 0.458 e. The molecule has 1 unspecified atom stereocenters. The maximum atomic E-state index is 12.0. The molecule has 0 fully saturated rings. The van der Waals surface area contributed by atoms with Crippen molar-refractivity contribution < 1.29 is 14.3 Å². The van der Waals surface area contributed by atoms with E-state index in [0.717, 1.165) is 0 Å². The van der Waals surface area contributed by atoms with Crippen LogP contribution in [0.2, 0.25) is 0 Å². The molecule has 1 atom stereocenters. The van der Waals surface area contributed by atoms with Crippen LogP contribution in [0.3, 0.4) is 0 Å². The van der Waals surface area contributed by atoms with Gasteiger partial charge in [0.25, 0.3) is 0 Å². The normalized spacial score (nSPS) is 12.7. The average molecular weight is 254 g/mol. The van der Waals surface area contributed by atoms with Gasteiger partial charge in [0.2, 0.25) is 0 Å². The van der Waals surface area contributed by atoms with E-state index in [4.69, 9.17) is 15.2 Å². The van der Waals surface area contributed by atoms with Crippen LogP contribution in [0.15, 0.2) is 12.3 Å². The number of aromatic nitrogens is 1. The Morgan fingerprint density at radius 2 is 2.11 bits per heavy atom. The van der Waals surface area contributed by atoms with Crippen LogP contribution in [0.25, 0.3) is 0 Å². The van der Waals surface area contributed by atoms with Crippen molar-refractivity contribution in [3.63, 3.8) is 0 Å². The van der Waals surface area contributed by atoms with E-state index in [1.165, 1.54) is 0 Å². The molecule has 102 valence electrons. The second-order valence-corrected chi connectivity index (χ2v) is 4.66. The van der Waals surface area contributed by atoms with E-state index >= 15 is 0 Å². The molecule has 1 aromatic heterocycles. The summed E-state index contributed by atoms with van der Waals surface area (Å²) in [4.78, 5) is 12.0. The first-order valence-corrected chi connectivity index (χ1v) is 6.13. The lowest BCUT2D eigenvalue weighted by Crippen LogP contribution is -2.19. The van der Waals surface area contributed by atoms with Crippen LogP contribution in [0.1, 0.15) is 43.7 Å². The summed E-state index contributed by atoms with van der Waals surface area (Å²) in [6.07, 6.45) is 2.26. The first kappa shape index (κ1) is 14.6. The fraction of sp³-hybridized carbons (Fsp3) is 0.615. The summed E-state index contributed by atoms with van der Waals surface area (Å²) in [5.41, 5.74) is 6.78. The van der Waals surface area contributed by atoms with Gasteiger partial charge in [0.05, 0.1) is 5.69 Å². The summed E-state index contributed by atoms with van der Waals surface area (Å²) in [5.74, 6) is -0.344. The fourth-order valence-corrected chi connectivity index (χ4v) is 1.68. The maximum absolute atomic E-state index is 12.0. The Kier molecular flexibility index (Phi) is 5.22. The third-order valence-electron chi connectivity index (χ3n) is 2.67. The van der Waals surface area contributed by atoms with Crippen molar-refractivity contribution in [3.8, 4) is 0 Å². The minimum atomic E-state index is -0.344. The van der Waals surface area contributed by atoms with Gasteiger partial charge in [0.1, 0.15) is 11.8 Å². The zero-order valence-electron chi connectivity index (χ0n) is 11.5. The van der Waals surface area contributed by atoms with E-state index in [1.54, 1.807) is 19.4 Å². The monoisotopic (exact) mass is 254 g/mol. The Labute approximate surface area is 108 Å². The van der Waals surface area contributed by atoms with Crippen LogP contribution in [-0.2, 0) is 9.47 Å². The number of nitrogens with zero attached hydrogens (tertiary/aromatic N) is 1. The van der Waals surface area contributed by atoms with Crippen LogP contribution in [-0.4, -0.2) is 30.4 Å². The molecule has 5 heteroatoms. The molecule has 18 heavy (non-hydrogen) atoms. The molecule has 0 saturated heterocycles.